The van der Waals surface area contributed by atoms with Crippen molar-refractivity contribution >= 4 is 36.1 Å². The number of carboxylic acid groups (broad SMARTS) is 2. The predicted octanol–water partition coefficient (Wildman–Crippen LogP) is 6.24. The first kappa shape index (κ1) is 33.9. The van der Waals surface area contributed by atoms with Crippen LogP contribution in [0, 0.1) is 13.8 Å². The summed E-state index contributed by atoms with van der Waals surface area (Å²) in [5, 5.41) is 22.3. The number of ether oxygens (including phenoxy) is 1. The minimum absolute atomic E-state index is 0. The molecule has 224 valence electrons. The number of aryl methyl sites for hydroxylation is 2. The summed E-state index contributed by atoms with van der Waals surface area (Å²) in [5.41, 5.74) is 4.58. The number of hydrogen-bond donors (Lipinski definition) is 3. The normalized spacial score (nSPS) is 13.1. The average molecular weight is 609 g/mol. The summed E-state index contributed by atoms with van der Waals surface area (Å²) >= 11 is 6.46. The van der Waals surface area contributed by atoms with Gasteiger partial charge in [0.1, 0.15) is 11.4 Å². The van der Waals surface area contributed by atoms with Crippen molar-refractivity contribution in [3.8, 4) is 22.7 Å². The Balaban J connectivity index is 0.00000110. The fraction of sp³-hybridized carbons (Fsp3) is 0.448. The molecule has 2 heterocycles. The van der Waals surface area contributed by atoms with Gasteiger partial charge in [0.25, 0.3) is 5.91 Å². The van der Waals surface area contributed by atoms with Gasteiger partial charge in [0.05, 0.1) is 28.7 Å². The molecule has 10 nitrogen and oxygen atoms in total. The smallest absolute Gasteiger partial charge is 0.492 e. The van der Waals surface area contributed by atoms with E-state index in [0.717, 1.165) is 61.3 Å². The number of nitrogens with one attached hydrogen (secondary N) is 1. The minimum atomic E-state index is -1.83. The van der Waals surface area contributed by atoms with Crippen molar-refractivity contribution in [3.63, 3.8) is 0 Å². The van der Waals surface area contributed by atoms with E-state index >= 15 is 0 Å². The molecule has 1 aromatic carbocycles. The topological polar surface area (TPSA) is 130 Å². The van der Waals surface area contributed by atoms with Crippen LogP contribution in [0.1, 0.15) is 60.4 Å². The van der Waals surface area contributed by atoms with Crippen LogP contribution in [0.15, 0.2) is 36.4 Å². The van der Waals surface area contributed by atoms with Crippen LogP contribution in [-0.4, -0.2) is 75.2 Å². The molecular weight excluding hydrogens is 569 g/mol. The number of hydrogen-bond acceptors (Lipinski definition) is 6. The van der Waals surface area contributed by atoms with Crippen molar-refractivity contribution in [1.29, 1.82) is 0 Å². The maximum Gasteiger partial charge on any atom is 0.503 e. The Morgan fingerprint density at radius 3 is 2.39 bits per heavy atom. The highest BCUT2D eigenvalue weighted by atomic mass is 35.5. The van der Waals surface area contributed by atoms with Gasteiger partial charge in [-0.25, -0.2) is 14.5 Å². The van der Waals surface area contributed by atoms with Crippen molar-refractivity contribution in [3.05, 3.63) is 58.5 Å². The molecule has 41 heavy (non-hydrogen) atoms. The van der Waals surface area contributed by atoms with Crippen molar-refractivity contribution in [1.82, 2.24) is 25.0 Å². The molecule has 0 unspecified atom stereocenters. The molecular formula is C29H39Cl2N5O5. The van der Waals surface area contributed by atoms with Crippen LogP contribution in [-0.2, 0) is 0 Å². The molecule has 0 radical (unpaired) electrons. The van der Waals surface area contributed by atoms with Gasteiger partial charge in [0.15, 0.2) is 0 Å². The summed E-state index contributed by atoms with van der Waals surface area (Å²) in [7, 11) is 4.08. The Labute approximate surface area is 252 Å². The second kappa shape index (κ2) is 16.2. The third-order valence-electron chi connectivity index (χ3n) is 6.50. The summed E-state index contributed by atoms with van der Waals surface area (Å²) in [6, 6.07) is 11.6. The van der Waals surface area contributed by atoms with Gasteiger partial charge in [-0.15, -0.1) is 12.4 Å². The highest BCUT2D eigenvalue weighted by molar-refractivity contribution is 6.32. The Morgan fingerprint density at radius 1 is 1.10 bits per heavy atom. The van der Waals surface area contributed by atoms with Gasteiger partial charge in [0, 0.05) is 23.8 Å². The van der Waals surface area contributed by atoms with Crippen LogP contribution in [0.3, 0.4) is 0 Å². The largest absolute Gasteiger partial charge is 0.503 e. The Bertz CT molecular complexity index is 1300. The predicted molar refractivity (Wildman–Crippen MR) is 162 cm³/mol. The molecule has 0 atom stereocenters. The van der Waals surface area contributed by atoms with Crippen LogP contribution in [0.2, 0.25) is 5.02 Å². The molecule has 1 fully saturated rings. The quantitative estimate of drug-likeness (QED) is 0.244. The Morgan fingerprint density at radius 2 is 1.78 bits per heavy atom. The van der Waals surface area contributed by atoms with E-state index in [9.17, 15) is 4.79 Å². The van der Waals surface area contributed by atoms with Crippen molar-refractivity contribution in [2.45, 2.75) is 58.4 Å². The first-order chi connectivity index (χ1) is 19.0. The Hall–Kier alpha value is -3.34. The van der Waals surface area contributed by atoms with E-state index in [1.54, 1.807) is 6.07 Å². The highest BCUT2D eigenvalue weighted by Crippen LogP contribution is 2.33. The van der Waals surface area contributed by atoms with Gasteiger partial charge in [0.2, 0.25) is 0 Å². The molecule has 1 amide bonds. The van der Waals surface area contributed by atoms with E-state index in [1.165, 1.54) is 6.42 Å². The van der Waals surface area contributed by atoms with Crippen LogP contribution >= 0.6 is 24.0 Å². The molecule has 1 aliphatic rings. The number of nitrogens with zero attached hydrogens (tertiary/aromatic N) is 4. The molecule has 12 heteroatoms. The molecule has 2 aromatic heterocycles. The van der Waals surface area contributed by atoms with E-state index in [1.807, 2.05) is 63.0 Å². The van der Waals surface area contributed by atoms with Crippen molar-refractivity contribution < 1.29 is 24.5 Å². The lowest BCUT2D eigenvalue weighted by Crippen LogP contribution is -2.36. The van der Waals surface area contributed by atoms with Gasteiger partial charge in [-0.1, -0.05) is 36.9 Å². The lowest BCUT2D eigenvalue weighted by Gasteiger charge is -2.22. The lowest BCUT2D eigenvalue weighted by atomic mass is 9.95. The fourth-order valence-corrected chi connectivity index (χ4v) is 4.84. The molecule has 0 bridgehead atoms. The average Bonchev–Trinajstić information content (AvgIpc) is 3.24. The molecule has 3 N–H and O–H groups in total. The minimum Gasteiger partial charge on any atom is -0.492 e. The van der Waals surface area contributed by atoms with Gasteiger partial charge >= 0.3 is 6.16 Å². The van der Waals surface area contributed by atoms with Crippen LogP contribution < -0.4 is 10.1 Å². The standard InChI is InChI=1S/C28H36ClN5O2.CH2O3.ClH/c1-19-17-20(2)34(32-19)25-14-13-24(28(35)30-22-9-6-5-7-10-22)31-27(25)21-11-12-23(29)26(18-21)36-16-8-15-33(3)4;2-1(3)4;/h11-14,17-18,22H,5-10,15-16H2,1-4H3,(H,30,35);(H2,2,3,4);1H. The number of pyridine rings is 1. The molecule has 0 saturated heterocycles. The first-order valence-electron chi connectivity index (χ1n) is 13.4. The van der Waals surface area contributed by atoms with E-state index in [4.69, 9.17) is 36.3 Å². The fourth-order valence-electron chi connectivity index (χ4n) is 4.66. The SMILES string of the molecule is Cc1cc(C)n(-c2ccc(C(=O)NC3CCCCC3)nc2-c2ccc(Cl)c(OCCCN(C)C)c2)n1.Cl.O=C(O)O. The number of halogens is 2. The summed E-state index contributed by atoms with van der Waals surface area (Å²) in [6.45, 7) is 5.46. The Kier molecular flexibility index (Phi) is 13.4. The monoisotopic (exact) mass is 607 g/mol. The number of carbonyl (C=O) groups excluding carboxylic acids is 1. The lowest BCUT2D eigenvalue weighted by molar-refractivity contribution is 0.0922. The third kappa shape index (κ3) is 10.2. The van der Waals surface area contributed by atoms with Gasteiger partial charge in [-0.05, 0) is 77.5 Å². The van der Waals surface area contributed by atoms with Crippen LogP contribution in [0.5, 0.6) is 5.75 Å². The van der Waals surface area contributed by atoms with Gasteiger partial charge < -0.3 is 25.2 Å². The number of benzene rings is 1. The molecule has 1 saturated carbocycles. The maximum atomic E-state index is 13.1. The van der Waals surface area contributed by atoms with E-state index < -0.39 is 6.16 Å². The highest BCUT2D eigenvalue weighted by Gasteiger charge is 2.21. The number of rotatable bonds is 9. The number of aromatic nitrogens is 3. The molecule has 1 aliphatic carbocycles. The third-order valence-corrected chi connectivity index (χ3v) is 6.81. The summed E-state index contributed by atoms with van der Waals surface area (Å²) in [4.78, 5) is 28.6. The second-order valence-corrected chi connectivity index (χ2v) is 10.6. The van der Waals surface area contributed by atoms with E-state index in [0.29, 0.717) is 28.8 Å². The van der Waals surface area contributed by atoms with Crippen molar-refractivity contribution in [2.75, 3.05) is 27.2 Å². The molecule has 3 aromatic rings. The summed E-state index contributed by atoms with van der Waals surface area (Å²) in [6.07, 6.45) is 4.65. The summed E-state index contributed by atoms with van der Waals surface area (Å²) < 4.78 is 7.88. The zero-order valence-corrected chi connectivity index (χ0v) is 25.5. The van der Waals surface area contributed by atoms with Gasteiger partial charge in [-0.3, -0.25) is 4.79 Å². The number of carbonyl (C=O) groups is 2. The summed E-state index contributed by atoms with van der Waals surface area (Å²) in [5.74, 6) is 0.461. The molecule has 4 rings (SSSR count). The van der Waals surface area contributed by atoms with E-state index in [2.05, 4.69) is 15.3 Å². The second-order valence-electron chi connectivity index (χ2n) is 10.1. The van der Waals surface area contributed by atoms with Crippen molar-refractivity contribution in [2.24, 2.45) is 0 Å². The van der Waals surface area contributed by atoms with Gasteiger partial charge in [-0.2, -0.15) is 5.10 Å². The van der Waals surface area contributed by atoms with Crippen LogP contribution in [0.25, 0.3) is 16.9 Å². The first-order valence-corrected chi connectivity index (χ1v) is 13.8. The van der Waals surface area contributed by atoms with Crippen LogP contribution in [0.4, 0.5) is 4.79 Å². The zero-order valence-electron chi connectivity index (χ0n) is 23.9. The molecule has 0 aliphatic heterocycles. The molecule has 0 spiro atoms. The maximum absolute atomic E-state index is 13.1. The number of amides is 1. The van der Waals surface area contributed by atoms with E-state index in [-0.39, 0.29) is 24.4 Å². The zero-order chi connectivity index (χ0) is 29.2.